The number of nitrogens with one attached hydrogen (secondary N) is 1. The Labute approximate surface area is 151 Å². The lowest BCUT2D eigenvalue weighted by Crippen LogP contribution is -2.23. The number of benzene rings is 1. The van der Waals surface area contributed by atoms with Gasteiger partial charge in [-0.2, -0.15) is 0 Å². The Hall–Kier alpha value is -2.53. The standard InChI is InChI=1S/C19H20ClN3O2/c1-11-9-17(13(3)23(11)16-7-5-15(20)6-8-16)19(24)21-10-18-22-12(2)14(4)25-18/h5-9H,10H2,1-4H3,(H,21,24). The quantitative estimate of drug-likeness (QED) is 0.758. The van der Waals surface area contributed by atoms with Crippen molar-refractivity contribution in [1.82, 2.24) is 14.9 Å². The van der Waals surface area contributed by atoms with Gasteiger partial charge >= 0.3 is 0 Å². The van der Waals surface area contributed by atoms with E-state index < -0.39 is 0 Å². The van der Waals surface area contributed by atoms with Crippen LogP contribution in [0.4, 0.5) is 0 Å². The van der Waals surface area contributed by atoms with Crippen molar-refractivity contribution >= 4 is 17.5 Å². The fourth-order valence-corrected chi connectivity index (χ4v) is 2.97. The van der Waals surface area contributed by atoms with Crippen molar-refractivity contribution < 1.29 is 9.21 Å². The molecule has 0 spiro atoms. The number of carbonyl (C=O) groups excluding carboxylic acids is 1. The number of hydrogen-bond acceptors (Lipinski definition) is 3. The van der Waals surface area contributed by atoms with E-state index in [1.165, 1.54) is 0 Å². The summed E-state index contributed by atoms with van der Waals surface area (Å²) in [6, 6.07) is 9.42. The van der Waals surface area contributed by atoms with Gasteiger partial charge in [0.1, 0.15) is 5.76 Å². The van der Waals surface area contributed by atoms with E-state index in [2.05, 4.69) is 10.3 Å². The van der Waals surface area contributed by atoms with E-state index in [0.717, 1.165) is 28.5 Å². The Morgan fingerprint density at radius 2 is 1.88 bits per heavy atom. The van der Waals surface area contributed by atoms with Gasteiger partial charge in [-0.05, 0) is 58.0 Å². The first-order chi connectivity index (χ1) is 11.9. The molecule has 0 saturated heterocycles. The Morgan fingerprint density at radius 3 is 2.48 bits per heavy atom. The predicted molar refractivity (Wildman–Crippen MR) is 97.4 cm³/mol. The highest BCUT2D eigenvalue weighted by molar-refractivity contribution is 6.30. The van der Waals surface area contributed by atoms with Gasteiger partial charge in [0.15, 0.2) is 0 Å². The molecule has 1 amide bonds. The van der Waals surface area contributed by atoms with E-state index in [0.29, 0.717) is 16.5 Å². The van der Waals surface area contributed by atoms with Crippen LogP contribution in [0.15, 0.2) is 34.7 Å². The molecule has 0 fully saturated rings. The zero-order valence-corrected chi connectivity index (χ0v) is 15.4. The van der Waals surface area contributed by atoms with Crippen LogP contribution in [0.25, 0.3) is 5.69 Å². The molecule has 0 aliphatic rings. The van der Waals surface area contributed by atoms with Gasteiger partial charge in [-0.3, -0.25) is 4.79 Å². The summed E-state index contributed by atoms with van der Waals surface area (Å²) < 4.78 is 7.53. The molecular weight excluding hydrogens is 338 g/mol. The lowest BCUT2D eigenvalue weighted by Gasteiger charge is -2.10. The monoisotopic (exact) mass is 357 g/mol. The largest absolute Gasteiger partial charge is 0.444 e. The third-order valence-electron chi connectivity index (χ3n) is 4.23. The molecule has 2 aromatic heterocycles. The lowest BCUT2D eigenvalue weighted by molar-refractivity contribution is 0.0946. The fourth-order valence-electron chi connectivity index (χ4n) is 2.85. The number of nitrogens with zero attached hydrogens (tertiary/aromatic N) is 2. The van der Waals surface area contributed by atoms with Gasteiger partial charge in [0.2, 0.25) is 5.89 Å². The minimum Gasteiger partial charge on any atom is -0.444 e. The number of rotatable bonds is 4. The average Bonchev–Trinajstić information content (AvgIpc) is 3.05. The van der Waals surface area contributed by atoms with Crippen LogP contribution in [0.3, 0.4) is 0 Å². The third kappa shape index (κ3) is 3.46. The van der Waals surface area contributed by atoms with E-state index in [-0.39, 0.29) is 12.5 Å². The molecule has 6 heteroatoms. The van der Waals surface area contributed by atoms with E-state index in [1.54, 1.807) is 0 Å². The first kappa shape index (κ1) is 17.3. The lowest BCUT2D eigenvalue weighted by atomic mass is 10.2. The molecule has 1 N–H and O–H groups in total. The molecule has 130 valence electrons. The fraction of sp³-hybridized carbons (Fsp3) is 0.263. The SMILES string of the molecule is Cc1nc(CNC(=O)c2cc(C)n(-c3ccc(Cl)cc3)c2C)oc1C. The van der Waals surface area contributed by atoms with Gasteiger partial charge in [-0.1, -0.05) is 11.6 Å². The minimum absolute atomic E-state index is 0.151. The molecule has 2 heterocycles. The smallest absolute Gasteiger partial charge is 0.253 e. The van der Waals surface area contributed by atoms with Gasteiger partial charge in [-0.15, -0.1) is 0 Å². The summed E-state index contributed by atoms with van der Waals surface area (Å²) in [5.41, 5.74) is 4.29. The molecule has 5 nitrogen and oxygen atoms in total. The number of amides is 1. The van der Waals surface area contributed by atoms with Crippen LogP contribution < -0.4 is 5.32 Å². The van der Waals surface area contributed by atoms with Crippen LogP contribution in [-0.4, -0.2) is 15.5 Å². The summed E-state index contributed by atoms with van der Waals surface area (Å²) >= 11 is 5.96. The number of halogens is 1. The maximum absolute atomic E-state index is 12.6. The Bertz CT molecular complexity index is 904. The molecule has 0 aliphatic carbocycles. The molecule has 1 aromatic carbocycles. The second kappa shape index (κ2) is 6.76. The van der Waals surface area contributed by atoms with E-state index in [1.807, 2.05) is 62.6 Å². The summed E-state index contributed by atoms with van der Waals surface area (Å²) in [5.74, 6) is 1.13. The second-order valence-corrected chi connectivity index (χ2v) is 6.46. The van der Waals surface area contributed by atoms with Crippen LogP contribution in [-0.2, 0) is 6.54 Å². The Morgan fingerprint density at radius 1 is 1.20 bits per heavy atom. The van der Waals surface area contributed by atoms with Crippen LogP contribution in [0, 0.1) is 27.7 Å². The van der Waals surface area contributed by atoms with Crippen molar-refractivity contribution in [2.45, 2.75) is 34.2 Å². The van der Waals surface area contributed by atoms with E-state index in [4.69, 9.17) is 16.0 Å². The zero-order valence-electron chi connectivity index (χ0n) is 14.7. The van der Waals surface area contributed by atoms with Gasteiger partial charge in [0.25, 0.3) is 5.91 Å². The van der Waals surface area contributed by atoms with Gasteiger partial charge in [-0.25, -0.2) is 4.98 Å². The molecule has 0 aliphatic heterocycles. The summed E-state index contributed by atoms with van der Waals surface area (Å²) in [7, 11) is 0. The molecule has 3 rings (SSSR count). The highest BCUT2D eigenvalue weighted by Crippen LogP contribution is 2.22. The summed E-state index contributed by atoms with van der Waals surface area (Å²) in [5, 5.41) is 3.55. The first-order valence-electron chi connectivity index (χ1n) is 8.03. The van der Waals surface area contributed by atoms with Crippen molar-refractivity contribution in [2.75, 3.05) is 0 Å². The van der Waals surface area contributed by atoms with E-state index >= 15 is 0 Å². The maximum Gasteiger partial charge on any atom is 0.253 e. The highest BCUT2D eigenvalue weighted by Gasteiger charge is 2.17. The molecule has 25 heavy (non-hydrogen) atoms. The van der Waals surface area contributed by atoms with Crippen molar-refractivity contribution in [3.63, 3.8) is 0 Å². The zero-order chi connectivity index (χ0) is 18.1. The van der Waals surface area contributed by atoms with Crippen molar-refractivity contribution in [2.24, 2.45) is 0 Å². The number of aryl methyl sites for hydroxylation is 3. The maximum atomic E-state index is 12.6. The molecule has 0 unspecified atom stereocenters. The van der Waals surface area contributed by atoms with Crippen molar-refractivity contribution in [3.8, 4) is 5.69 Å². The van der Waals surface area contributed by atoms with Crippen LogP contribution >= 0.6 is 11.6 Å². The summed E-state index contributed by atoms with van der Waals surface area (Å²) in [4.78, 5) is 16.8. The van der Waals surface area contributed by atoms with E-state index in [9.17, 15) is 4.79 Å². The highest BCUT2D eigenvalue weighted by atomic mass is 35.5. The van der Waals surface area contributed by atoms with Crippen LogP contribution in [0.5, 0.6) is 0 Å². The summed E-state index contributed by atoms with van der Waals surface area (Å²) in [6.45, 7) is 7.89. The molecule has 0 atom stereocenters. The Balaban J connectivity index is 1.81. The predicted octanol–water partition coefficient (Wildman–Crippen LogP) is 4.28. The molecule has 0 bridgehead atoms. The molecule has 0 saturated carbocycles. The third-order valence-corrected chi connectivity index (χ3v) is 4.49. The first-order valence-corrected chi connectivity index (χ1v) is 8.40. The Kier molecular flexibility index (Phi) is 4.68. The average molecular weight is 358 g/mol. The van der Waals surface area contributed by atoms with Gasteiger partial charge in [0.05, 0.1) is 17.8 Å². The topological polar surface area (TPSA) is 60.1 Å². The number of aromatic nitrogens is 2. The number of carbonyl (C=O) groups is 1. The van der Waals surface area contributed by atoms with Crippen molar-refractivity contribution in [3.05, 3.63) is 69.7 Å². The van der Waals surface area contributed by atoms with Crippen molar-refractivity contribution in [1.29, 1.82) is 0 Å². The summed E-state index contributed by atoms with van der Waals surface area (Å²) in [6.07, 6.45) is 0. The normalized spacial score (nSPS) is 10.9. The van der Waals surface area contributed by atoms with Crippen LogP contribution in [0.2, 0.25) is 5.02 Å². The number of oxazole rings is 1. The molecule has 3 aromatic rings. The van der Waals surface area contributed by atoms with Crippen LogP contribution in [0.1, 0.15) is 39.1 Å². The molecule has 0 radical (unpaired) electrons. The second-order valence-electron chi connectivity index (χ2n) is 6.03. The minimum atomic E-state index is -0.151. The van der Waals surface area contributed by atoms with Gasteiger partial charge < -0.3 is 14.3 Å². The molecular formula is C19H20ClN3O2. The number of hydrogen-bond donors (Lipinski definition) is 1. The van der Waals surface area contributed by atoms with Gasteiger partial charge in [0, 0.05) is 22.1 Å².